The third kappa shape index (κ3) is 3.50. The van der Waals surface area contributed by atoms with Crippen LogP contribution in [-0.2, 0) is 0 Å². The molecule has 0 aliphatic carbocycles. The van der Waals surface area contributed by atoms with E-state index < -0.39 is 0 Å². The van der Waals surface area contributed by atoms with Crippen LogP contribution in [0, 0.1) is 13.8 Å². The number of aromatic hydroxyl groups is 1. The molecule has 0 saturated heterocycles. The molecule has 2 heterocycles. The van der Waals surface area contributed by atoms with Crippen molar-refractivity contribution in [1.29, 1.82) is 0 Å². The molecule has 0 bridgehead atoms. The number of phenols is 1. The molecule has 31 heavy (non-hydrogen) atoms. The van der Waals surface area contributed by atoms with Crippen molar-refractivity contribution >= 4 is 5.91 Å². The monoisotopic (exact) mass is 415 g/mol. The molecule has 0 spiro atoms. The van der Waals surface area contributed by atoms with Gasteiger partial charge in [0.05, 0.1) is 6.04 Å². The number of nitrogens with zero attached hydrogens (tertiary/aromatic N) is 2. The number of hydrogen-bond donors (Lipinski definition) is 2. The average Bonchev–Trinajstić information content (AvgIpc) is 3.26. The Balaban J connectivity index is 1.85. The zero-order valence-corrected chi connectivity index (χ0v) is 17.7. The van der Waals surface area contributed by atoms with Gasteiger partial charge in [-0.15, -0.1) is 6.58 Å². The number of H-pyrrole nitrogens is 1. The number of benzene rings is 2. The van der Waals surface area contributed by atoms with Gasteiger partial charge in [-0.3, -0.25) is 9.89 Å². The second kappa shape index (κ2) is 8.14. The lowest BCUT2D eigenvalue weighted by Gasteiger charge is -2.25. The van der Waals surface area contributed by atoms with E-state index in [9.17, 15) is 9.90 Å². The zero-order chi connectivity index (χ0) is 22.1. The van der Waals surface area contributed by atoms with Crippen molar-refractivity contribution in [1.82, 2.24) is 15.1 Å². The van der Waals surface area contributed by atoms with Gasteiger partial charge in [-0.1, -0.05) is 36.9 Å². The number of hydrogen-bond acceptors (Lipinski definition) is 4. The molecule has 0 saturated carbocycles. The van der Waals surface area contributed by atoms with Crippen molar-refractivity contribution in [3.63, 3.8) is 0 Å². The maximum atomic E-state index is 13.2. The van der Waals surface area contributed by atoms with Gasteiger partial charge in [0, 0.05) is 17.7 Å². The van der Waals surface area contributed by atoms with Crippen molar-refractivity contribution in [3.05, 3.63) is 89.7 Å². The summed E-state index contributed by atoms with van der Waals surface area (Å²) in [6, 6.07) is 11.0. The van der Waals surface area contributed by atoms with Crippen molar-refractivity contribution in [2.45, 2.75) is 19.9 Å². The second-order valence-electron chi connectivity index (χ2n) is 7.65. The molecule has 6 nitrogen and oxygen atoms in total. The largest absolute Gasteiger partial charge is 0.507 e. The van der Waals surface area contributed by atoms with Gasteiger partial charge in [0.2, 0.25) is 0 Å². The van der Waals surface area contributed by atoms with Gasteiger partial charge in [-0.2, -0.15) is 5.10 Å². The summed E-state index contributed by atoms with van der Waals surface area (Å²) < 4.78 is 5.59. The molecular formula is C25H25N3O3. The van der Waals surface area contributed by atoms with Gasteiger partial charge in [0.15, 0.2) is 0 Å². The summed E-state index contributed by atoms with van der Waals surface area (Å²) in [5.74, 6) is 0.728. The Hall–Kier alpha value is -3.80. The summed E-state index contributed by atoms with van der Waals surface area (Å²) in [5.41, 5.74) is 5.19. The third-order valence-electron chi connectivity index (χ3n) is 5.45. The molecule has 1 unspecified atom stereocenters. The number of ether oxygens (including phenoxy) is 1. The lowest BCUT2D eigenvalue weighted by Crippen LogP contribution is -2.29. The molecule has 1 aliphatic heterocycles. The van der Waals surface area contributed by atoms with Gasteiger partial charge in [0.1, 0.15) is 29.5 Å². The minimum Gasteiger partial charge on any atom is -0.507 e. The number of fused-ring (bicyclic) bond motifs is 1. The lowest BCUT2D eigenvalue weighted by molar-refractivity contribution is 0.0764. The highest BCUT2D eigenvalue weighted by Gasteiger charge is 2.42. The van der Waals surface area contributed by atoms with Crippen molar-refractivity contribution < 1.29 is 14.6 Å². The van der Waals surface area contributed by atoms with Crippen LogP contribution in [0.4, 0.5) is 0 Å². The number of carbonyl (C=O) groups excluding carboxylic acids is 1. The van der Waals surface area contributed by atoms with Crippen molar-refractivity contribution in [2.75, 3.05) is 13.2 Å². The molecule has 3 aromatic rings. The molecule has 1 atom stereocenters. The topological polar surface area (TPSA) is 78.5 Å². The summed E-state index contributed by atoms with van der Waals surface area (Å²) in [6.45, 7) is 12.1. The quantitative estimate of drug-likeness (QED) is 0.549. The first-order chi connectivity index (χ1) is 15.0. The fourth-order valence-electron chi connectivity index (χ4n) is 4.22. The smallest absolute Gasteiger partial charge is 0.273 e. The Morgan fingerprint density at radius 1 is 1.19 bits per heavy atom. The number of rotatable bonds is 7. The molecule has 1 aliphatic rings. The van der Waals surface area contributed by atoms with Gasteiger partial charge < -0.3 is 14.7 Å². The van der Waals surface area contributed by atoms with E-state index >= 15 is 0 Å². The highest BCUT2D eigenvalue weighted by molar-refractivity contribution is 6.00. The zero-order valence-electron chi connectivity index (χ0n) is 17.7. The van der Waals surface area contributed by atoms with E-state index in [0.29, 0.717) is 30.1 Å². The van der Waals surface area contributed by atoms with Crippen molar-refractivity contribution in [2.24, 2.45) is 0 Å². The van der Waals surface area contributed by atoms with Crippen LogP contribution in [0.15, 0.2) is 61.7 Å². The van der Waals surface area contributed by atoms with E-state index in [1.807, 2.05) is 44.2 Å². The molecule has 1 aromatic heterocycles. The Morgan fingerprint density at radius 3 is 2.58 bits per heavy atom. The Kier molecular flexibility index (Phi) is 5.38. The first-order valence-electron chi connectivity index (χ1n) is 10.1. The summed E-state index contributed by atoms with van der Waals surface area (Å²) in [6.07, 6.45) is 3.40. The van der Waals surface area contributed by atoms with Gasteiger partial charge in [-0.05, 0) is 48.7 Å². The maximum absolute atomic E-state index is 13.2. The number of aryl methyl sites for hydroxylation is 2. The van der Waals surface area contributed by atoms with E-state index in [4.69, 9.17) is 4.74 Å². The van der Waals surface area contributed by atoms with Crippen LogP contribution in [0.2, 0.25) is 0 Å². The Labute approximate surface area is 181 Å². The van der Waals surface area contributed by atoms with Crippen LogP contribution in [0.3, 0.4) is 0 Å². The fourth-order valence-corrected chi connectivity index (χ4v) is 4.22. The molecule has 0 fully saturated rings. The number of phenolic OH excluding ortho intramolecular Hbond substituents is 1. The first kappa shape index (κ1) is 20.5. The predicted molar refractivity (Wildman–Crippen MR) is 120 cm³/mol. The lowest BCUT2D eigenvalue weighted by atomic mass is 9.93. The molecule has 6 heteroatoms. The first-order valence-corrected chi connectivity index (χ1v) is 10.1. The molecule has 2 aromatic carbocycles. The number of carbonyl (C=O) groups is 1. The highest BCUT2D eigenvalue weighted by Crippen LogP contribution is 2.45. The van der Waals surface area contributed by atoms with Gasteiger partial charge in [-0.25, -0.2) is 0 Å². The Morgan fingerprint density at radius 2 is 1.94 bits per heavy atom. The van der Waals surface area contributed by atoms with E-state index in [1.54, 1.807) is 23.1 Å². The van der Waals surface area contributed by atoms with E-state index in [-0.39, 0.29) is 17.7 Å². The SMILES string of the molecule is C=CCOc1ccc(C2c3c(-c4c(C)cc(C)cc4O)n[nH]c3C(=O)N2CC=C)cc1. The van der Waals surface area contributed by atoms with E-state index in [2.05, 4.69) is 23.4 Å². The minimum absolute atomic E-state index is 0.144. The molecule has 0 radical (unpaired) electrons. The van der Waals surface area contributed by atoms with E-state index in [0.717, 1.165) is 28.0 Å². The number of aromatic amines is 1. The van der Waals surface area contributed by atoms with Crippen LogP contribution < -0.4 is 4.74 Å². The van der Waals surface area contributed by atoms with Crippen LogP contribution in [0.1, 0.15) is 38.8 Å². The van der Waals surface area contributed by atoms with Crippen molar-refractivity contribution in [3.8, 4) is 22.8 Å². The second-order valence-corrected chi connectivity index (χ2v) is 7.65. The fraction of sp³-hybridized carbons (Fsp3) is 0.200. The summed E-state index contributed by atoms with van der Waals surface area (Å²) in [5, 5.41) is 18.0. The average molecular weight is 415 g/mol. The molecular weight excluding hydrogens is 390 g/mol. The van der Waals surface area contributed by atoms with Gasteiger partial charge in [0.25, 0.3) is 5.91 Å². The third-order valence-corrected chi connectivity index (χ3v) is 5.45. The molecule has 2 N–H and O–H groups in total. The number of amides is 1. The predicted octanol–water partition coefficient (Wildman–Crippen LogP) is 4.70. The summed E-state index contributed by atoms with van der Waals surface area (Å²) >= 11 is 0. The van der Waals surface area contributed by atoms with Crippen LogP contribution in [0.25, 0.3) is 11.3 Å². The van der Waals surface area contributed by atoms with Crippen LogP contribution in [0.5, 0.6) is 11.5 Å². The number of nitrogens with one attached hydrogen (secondary N) is 1. The highest BCUT2D eigenvalue weighted by atomic mass is 16.5. The van der Waals surface area contributed by atoms with E-state index in [1.165, 1.54) is 0 Å². The molecule has 4 rings (SSSR count). The minimum atomic E-state index is -0.359. The summed E-state index contributed by atoms with van der Waals surface area (Å²) in [7, 11) is 0. The molecule has 1 amide bonds. The number of aromatic nitrogens is 2. The standard InChI is InChI=1S/C25H25N3O3/c1-5-11-28-24(17-7-9-18(10-8-17)31-12-6-2)21-22(26-27-23(21)25(28)30)20-16(4)13-15(3)14-19(20)29/h5-10,13-14,24,29H,1-2,11-12H2,3-4H3,(H,26,27). The Bertz CT molecular complexity index is 1140. The van der Waals surface area contributed by atoms with Crippen LogP contribution in [-0.4, -0.2) is 39.3 Å². The van der Waals surface area contributed by atoms with Crippen LogP contribution >= 0.6 is 0 Å². The maximum Gasteiger partial charge on any atom is 0.273 e. The normalized spacial score (nSPS) is 15.1. The summed E-state index contributed by atoms with van der Waals surface area (Å²) in [4.78, 5) is 14.9. The van der Waals surface area contributed by atoms with Gasteiger partial charge >= 0.3 is 0 Å². The molecule has 158 valence electrons.